The van der Waals surface area contributed by atoms with E-state index in [1.54, 1.807) is 11.3 Å². The number of amides is 1. The van der Waals surface area contributed by atoms with E-state index in [2.05, 4.69) is 48.3 Å². The van der Waals surface area contributed by atoms with Crippen molar-refractivity contribution >= 4 is 23.0 Å². The molecule has 0 fully saturated rings. The van der Waals surface area contributed by atoms with Crippen LogP contribution in [-0.2, 0) is 17.9 Å². The first-order chi connectivity index (χ1) is 12.9. The van der Waals surface area contributed by atoms with Crippen molar-refractivity contribution in [2.75, 3.05) is 13.1 Å². The van der Waals surface area contributed by atoms with E-state index in [-0.39, 0.29) is 24.5 Å². The first-order valence-electron chi connectivity index (χ1n) is 9.60. The maximum absolute atomic E-state index is 12.3. The molecule has 0 aliphatic heterocycles. The summed E-state index contributed by atoms with van der Waals surface area (Å²) in [6.07, 6.45) is 0.485. The van der Waals surface area contributed by atoms with Crippen LogP contribution in [0.4, 0.5) is 0 Å². The summed E-state index contributed by atoms with van der Waals surface area (Å²) in [6.45, 7) is 11.8. The molecule has 0 spiro atoms. The van der Waals surface area contributed by atoms with E-state index >= 15 is 0 Å². The average Bonchev–Trinajstić information content (AvgIpc) is 3.01. The molecule has 2 rings (SSSR count). The van der Waals surface area contributed by atoms with Gasteiger partial charge in [-0.2, -0.15) is 0 Å². The van der Waals surface area contributed by atoms with Gasteiger partial charge in [0.05, 0.1) is 0 Å². The summed E-state index contributed by atoms with van der Waals surface area (Å²) in [5, 5.41) is 2.91. The Morgan fingerprint density at radius 3 is 2.19 bits per heavy atom. The highest BCUT2D eigenvalue weighted by Gasteiger charge is 2.13. The third-order valence-corrected chi connectivity index (χ3v) is 5.70. The van der Waals surface area contributed by atoms with E-state index in [4.69, 9.17) is 0 Å². The minimum atomic E-state index is -0.0832. The molecule has 1 aromatic heterocycles. The number of nitrogens with one attached hydrogen (secondary N) is 1. The maximum Gasteiger partial charge on any atom is 0.220 e. The molecule has 1 heterocycles. The number of benzene rings is 1. The molecule has 0 unspecified atom stereocenters. The Kier molecular flexibility index (Phi) is 8.20. The largest absolute Gasteiger partial charge is 0.352 e. The maximum atomic E-state index is 12.3. The Labute approximate surface area is 166 Å². The predicted octanol–water partition coefficient (Wildman–Crippen LogP) is 4.49. The molecule has 1 N–H and O–H groups in total. The molecule has 2 aromatic rings. The van der Waals surface area contributed by atoms with E-state index in [0.29, 0.717) is 6.54 Å². The molecule has 4 nitrogen and oxygen atoms in total. The molecule has 5 heteroatoms. The van der Waals surface area contributed by atoms with Crippen LogP contribution in [0.3, 0.4) is 0 Å². The minimum absolute atomic E-state index is 0.0488. The van der Waals surface area contributed by atoms with Crippen LogP contribution in [0.25, 0.3) is 0 Å². The lowest BCUT2D eigenvalue weighted by atomic mass is 10.1. The number of carbonyl (C=O) groups is 2. The number of hydrogen-bond acceptors (Lipinski definition) is 4. The van der Waals surface area contributed by atoms with Crippen LogP contribution in [0.2, 0.25) is 0 Å². The molecular weight excluding hydrogens is 356 g/mol. The fraction of sp³-hybridized carbons (Fsp3) is 0.455. The standard InChI is InChI=1S/C22H30N2O2S/c1-5-24(6-2)15-19-9-7-18(8-10-19)14-23-22(26)12-11-21(25)20-13-16(3)27-17(20)4/h7-10,13H,5-6,11-12,14-15H2,1-4H3,(H,23,26). The van der Waals surface area contributed by atoms with E-state index in [1.165, 1.54) is 5.56 Å². The summed E-state index contributed by atoms with van der Waals surface area (Å²) in [5.41, 5.74) is 3.11. The second-order valence-electron chi connectivity index (χ2n) is 6.80. The van der Waals surface area contributed by atoms with Crippen LogP contribution in [0.15, 0.2) is 30.3 Å². The first-order valence-corrected chi connectivity index (χ1v) is 10.4. The van der Waals surface area contributed by atoms with Gasteiger partial charge in [-0.15, -0.1) is 11.3 Å². The molecule has 0 radical (unpaired) electrons. The van der Waals surface area contributed by atoms with Crippen LogP contribution in [0.5, 0.6) is 0 Å². The zero-order valence-electron chi connectivity index (χ0n) is 16.8. The Balaban J connectivity index is 1.76. The Morgan fingerprint density at radius 1 is 1.00 bits per heavy atom. The van der Waals surface area contributed by atoms with Gasteiger partial charge in [0.25, 0.3) is 0 Å². The van der Waals surface area contributed by atoms with Crippen molar-refractivity contribution in [1.82, 2.24) is 10.2 Å². The molecule has 0 bridgehead atoms. The van der Waals surface area contributed by atoms with E-state index in [0.717, 1.165) is 40.5 Å². The minimum Gasteiger partial charge on any atom is -0.352 e. The molecule has 1 aromatic carbocycles. The lowest BCUT2D eigenvalue weighted by Gasteiger charge is -2.18. The number of rotatable bonds is 10. The van der Waals surface area contributed by atoms with E-state index < -0.39 is 0 Å². The van der Waals surface area contributed by atoms with Crippen molar-refractivity contribution in [2.45, 2.75) is 53.6 Å². The van der Waals surface area contributed by atoms with Crippen LogP contribution < -0.4 is 5.32 Å². The normalized spacial score (nSPS) is 11.0. The lowest BCUT2D eigenvalue weighted by Crippen LogP contribution is -2.23. The molecular formula is C22H30N2O2S. The number of aryl methyl sites for hydroxylation is 2. The van der Waals surface area contributed by atoms with Crippen molar-refractivity contribution in [2.24, 2.45) is 0 Å². The van der Waals surface area contributed by atoms with Gasteiger partial charge in [-0.25, -0.2) is 0 Å². The van der Waals surface area contributed by atoms with Gasteiger partial charge < -0.3 is 5.32 Å². The number of thiophene rings is 1. The highest BCUT2D eigenvalue weighted by molar-refractivity contribution is 7.12. The number of nitrogens with zero attached hydrogens (tertiary/aromatic N) is 1. The monoisotopic (exact) mass is 386 g/mol. The Morgan fingerprint density at radius 2 is 1.63 bits per heavy atom. The topological polar surface area (TPSA) is 49.4 Å². The van der Waals surface area contributed by atoms with Gasteiger partial charge in [-0.3, -0.25) is 14.5 Å². The molecule has 0 saturated heterocycles. The van der Waals surface area contributed by atoms with Crippen molar-refractivity contribution in [3.8, 4) is 0 Å². The fourth-order valence-electron chi connectivity index (χ4n) is 3.03. The molecule has 0 atom stereocenters. The smallest absolute Gasteiger partial charge is 0.220 e. The predicted molar refractivity (Wildman–Crippen MR) is 112 cm³/mol. The number of ketones is 1. The van der Waals surface area contributed by atoms with Crippen molar-refractivity contribution in [3.63, 3.8) is 0 Å². The molecule has 0 aliphatic carbocycles. The summed E-state index contributed by atoms with van der Waals surface area (Å²) < 4.78 is 0. The molecule has 1 amide bonds. The first kappa shape index (κ1) is 21.3. The van der Waals surface area contributed by atoms with E-state index in [9.17, 15) is 9.59 Å². The number of Topliss-reactive ketones (excluding diaryl/α,β-unsaturated/α-hetero) is 1. The molecule has 146 valence electrons. The third-order valence-electron chi connectivity index (χ3n) is 4.73. The summed E-state index contributed by atoms with van der Waals surface area (Å²) in [5.74, 6) is -0.0343. The second-order valence-corrected chi connectivity index (χ2v) is 8.27. The van der Waals surface area contributed by atoms with Crippen LogP contribution in [-0.4, -0.2) is 29.7 Å². The highest BCUT2D eigenvalue weighted by atomic mass is 32.1. The van der Waals surface area contributed by atoms with Crippen LogP contribution >= 0.6 is 11.3 Å². The Hall–Kier alpha value is -1.98. The van der Waals surface area contributed by atoms with Gasteiger partial charge in [-0.05, 0) is 44.1 Å². The number of carbonyl (C=O) groups excluding carboxylic acids is 2. The van der Waals surface area contributed by atoms with E-state index in [1.807, 2.05) is 19.9 Å². The van der Waals surface area contributed by atoms with Crippen molar-refractivity contribution in [3.05, 3.63) is 56.8 Å². The van der Waals surface area contributed by atoms with Gasteiger partial charge in [0.1, 0.15) is 0 Å². The zero-order valence-corrected chi connectivity index (χ0v) is 17.6. The highest BCUT2D eigenvalue weighted by Crippen LogP contribution is 2.22. The Bertz CT molecular complexity index is 761. The van der Waals surface area contributed by atoms with Gasteiger partial charge in [0, 0.05) is 41.2 Å². The summed E-state index contributed by atoms with van der Waals surface area (Å²) in [7, 11) is 0. The molecule has 27 heavy (non-hydrogen) atoms. The van der Waals surface area contributed by atoms with Crippen molar-refractivity contribution < 1.29 is 9.59 Å². The molecule has 0 saturated carbocycles. The van der Waals surface area contributed by atoms with Crippen LogP contribution in [0.1, 0.15) is 57.9 Å². The average molecular weight is 387 g/mol. The quantitative estimate of drug-likeness (QED) is 0.612. The summed E-state index contributed by atoms with van der Waals surface area (Å²) in [4.78, 5) is 28.8. The lowest BCUT2D eigenvalue weighted by molar-refractivity contribution is -0.121. The second kappa shape index (κ2) is 10.4. The molecule has 0 aliphatic rings. The van der Waals surface area contributed by atoms with Crippen molar-refractivity contribution in [1.29, 1.82) is 0 Å². The van der Waals surface area contributed by atoms with Gasteiger partial charge in [-0.1, -0.05) is 38.1 Å². The third kappa shape index (κ3) is 6.60. The van der Waals surface area contributed by atoms with Gasteiger partial charge in [0.15, 0.2) is 5.78 Å². The SMILES string of the molecule is CCN(CC)Cc1ccc(CNC(=O)CCC(=O)c2cc(C)sc2C)cc1. The fourth-order valence-corrected chi connectivity index (χ4v) is 3.97. The van der Waals surface area contributed by atoms with Gasteiger partial charge in [0.2, 0.25) is 5.91 Å². The summed E-state index contributed by atoms with van der Waals surface area (Å²) in [6, 6.07) is 10.3. The number of hydrogen-bond donors (Lipinski definition) is 1. The van der Waals surface area contributed by atoms with Crippen LogP contribution in [0, 0.1) is 13.8 Å². The summed E-state index contributed by atoms with van der Waals surface area (Å²) >= 11 is 1.62. The van der Waals surface area contributed by atoms with Gasteiger partial charge >= 0.3 is 0 Å². The zero-order chi connectivity index (χ0) is 19.8.